The van der Waals surface area contributed by atoms with Gasteiger partial charge in [-0.1, -0.05) is 51.2 Å². The van der Waals surface area contributed by atoms with Crippen LogP contribution in [0.5, 0.6) is 5.75 Å². The van der Waals surface area contributed by atoms with E-state index >= 15 is 0 Å². The average molecular weight is 392 g/mol. The molecule has 2 rings (SSSR count). The van der Waals surface area contributed by atoms with Crippen molar-refractivity contribution >= 4 is 0 Å². The molecule has 1 saturated carbocycles. The molecule has 0 heterocycles. The van der Waals surface area contributed by atoms with E-state index < -0.39 is 18.7 Å². The van der Waals surface area contributed by atoms with Crippen molar-refractivity contribution in [3.63, 3.8) is 0 Å². The van der Waals surface area contributed by atoms with Gasteiger partial charge < -0.3 is 4.74 Å². The first-order valence-corrected chi connectivity index (χ1v) is 9.90. The lowest BCUT2D eigenvalue weighted by atomic mass is 9.77. The zero-order chi connectivity index (χ0) is 19.9. The molecule has 0 amide bonds. The van der Waals surface area contributed by atoms with Gasteiger partial charge in [-0.05, 0) is 55.2 Å². The number of hydrogen-bond acceptors (Lipinski definition) is 1. The molecule has 1 aliphatic carbocycles. The van der Waals surface area contributed by atoms with Crippen LogP contribution < -0.4 is 4.74 Å². The Morgan fingerprint density at radius 3 is 2.07 bits per heavy atom. The number of halogens is 5. The van der Waals surface area contributed by atoms with E-state index in [4.69, 9.17) is 0 Å². The van der Waals surface area contributed by atoms with E-state index in [-0.39, 0.29) is 5.75 Å². The van der Waals surface area contributed by atoms with Gasteiger partial charge in [-0.3, -0.25) is 0 Å². The fourth-order valence-electron chi connectivity index (χ4n) is 3.74. The smallest absolute Gasteiger partial charge is 0.456 e. The van der Waals surface area contributed by atoms with Crippen LogP contribution in [0, 0.1) is 5.92 Å². The summed E-state index contributed by atoms with van der Waals surface area (Å²) >= 11 is 0. The SMILES string of the molecule is CCCCCCC1CCC(c2ccc(OCC(F)(F)C(F)(F)F)cc2)CC1. The minimum atomic E-state index is -5.60. The highest BCUT2D eigenvalue weighted by Crippen LogP contribution is 2.39. The monoisotopic (exact) mass is 392 g/mol. The largest absolute Gasteiger partial charge is 0.487 e. The maximum absolute atomic E-state index is 12.9. The molecule has 1 aromatic rings. The molecular formula is C21H29F5O. The summed E-state index contributed by atoms with van der Waals surface area (Å²) in [5.74, 6) is -3.58. The molecule has 27 heavy (non-hydrogen) atoms. The zero-order valence-electron chi connectivity index (χ0n) is 15.8. The molecule has 0 bridgehead atoms. The first kappa shape index (κ1) is 22.0. The van der Waals surface area contributed by atoms with E-state index in [0.29, 0.717) is 5.92 Å². The van der Waals surface area contributed by atoms with Gasteiger partial charge in [0.25, 0.3) is 0 Å². The molecule has 0 N–H and O–H groups in total. The second kappa shape index (κ2) is 9.74. The molecular weight excluding hydrogens is 363 g/mol. The second-order valence-electron chi connectivity index (χ2n) is 7.63. The highest BCUT2D eigenvalue weighted by Gasteiger charge is 2.58. The summed E-state index contributed by atoms with van der Waals surface area (Å²) in [7, 11) is 0. The first-order valence-electron chi connectivity index (χ1n) is 9.90. The molecule has 1 nitrogen and oxygen atoms in total. The lowest BCUT2D eigenvalue weighted by Gasteiger charge is -2.29. The van der Waals surface area contributed by atoms with Crippen molar-refractivity contribution in [2.45, 2.75) is 82.7 Å². The molecule has 0 aliphatic heterocycles. The van der Waals surface area contributed by atoms with E-state index in [1.165, 1.54) is 57.1 Å². The topological polar surface area (TPSA) is 9.23 Å². The number of alkyl halides is 5. The minimum absolute atomic E-state index is 0.0345. The number of unbranched alkanes of at least 4 members (excludes halogenated alkanes) is 3. The van der Waals surface area contributed by atoms with Gasteiger partial charge in [0.05, 0.1) is 0 Å². The Bertz CT molecular complexity index is 545. The quantitative estimate of drug-likeness (QED) is 0.312. The summed E-state index contributed by atoms with van der Waals surface area (Å²) in [6, 6.07) is 6.54. The molecule has 0 spiro atoms. The van der Waals surface area contributed by atoms with E-state index in [2.05, 4.69) is 11.7 Å². The molecule has 0 atom stereocenters. The molecule has 0 aromatic heterocycles. The van der Waals surface area contributed by atoms with Gasteiger partial charge in [-0.2, -0.15) is 22.0 Å². The van der Waals surface area contributed by atoms with Gasteiger partial charge >= 0.3 is 12.1 Å². The van der Waals surface area contributed by atoms with E-state index in [9.17, 15) is 22.0 Å². The highest BCUT2D eigenvalue weighted by atomic mass is 19.4. The first-order chi connectivity index (χ1) is 12.7. The Morgan fingerprint density at radius 2 is 1.52 bits per heavy atom. The maximum Gasteiger partial charge on any atom is 0.456 e. The Hall–Kier alpha value is -1.33. The molecule has 1 aliphatic rings. The fourth-order valence-corrected chi connectivity index (χ4v) is 3.74. The molecule has 1 fully saturated rings. The summed E-state index contributed by atoms with van der Waals surface area (Å²) in [6.07, 6.45) is 5.48. The lowest BCUT2D eigenvalue weighted by molar-refractivity contribution is -0.290. The Morgan fingerprint density at radius 1 is 0.889 bits per heavy atom. The van der Waals surface area contributed by atoms with Gasteiger partial charge in [-0.25, -0.2) is 0 Å². The van der Waals surface area contributed by atoms with Crippen molar-refractivity contribution in [1.29, 1.82) is 0 Å². The van der Waals surface area contributed by atoms with Crippen LogP contribution in [0.2, 0.25) is 0 Å². The summed E-state index contributed by atoms with van der Waals surface area (Å²) < 4.78 is 66.9. The van der Waals surface area contributed by atoms with Crippen molar-refractivity contribution in [3.05, 3.63) is 29.8 Å². The van der Waals surface area contributed by atoms with Crippen molar-refractivity contribution in [3.8, 4) is 5.75 Å². The van der Waals surface area contributed by atoms with Crippen molar-refractivity contribution < 1.29 is 26.7 Å². The van der Waals surface area contributed by atoms with Crippen LogP contribution in [-0.2, 0) is 0 Å². The lowest BCUT2D eigenvalue weighted by Crippen LogP contribution is -2.41. The van der Waals surface area contributed by atoms with Crippen LogP contribution in [0.3, 0.4) is 0 Å². The summed E-state index contributed by atoms with van der Waals surface area (Å²) in [5, 5.41) is 0. The average Bonchev–Trinajstić information content (AvgIpc) is 2.64. The van der Waals surface area contributed by atoms with Crippen LogP contribution in [0.25, 0.3) is 0 Å². The van der Waals surface area contributed by atoms with Gasteiger partial charge in [0.15, 0.2) is 6.61 Å². The van der Waals surface area contributed by atoms with Crippen LogP contribution >= 0.6 is 0 Å². The summed E-state index contributed by atoms with van der Waals surface area (Å²) in [6.45, 7) is 0.516. The highest BCUT2D eigenvalue weighted by molar-refractivity contribution is 5.29. The summed E-state index contributed by atoms with van der Waals surface area (Å²) in [5.41, 5.74) is 1.11. The Labute approximate surface area is 158 Å². The molecule has 0 saturated heterocycles. The predicted octanol–water partition coefficient (Wildman–Crippen LogP) is 7.51. The number of rotatable bonds is 9. The minimum Gasteiger partial charge on any atom is -0.487 e. The Kier molecular flexibility index (Phi) is 7.92. The third-order valence-corrected chi connectivity index (χ3v) is 5.50. The molecule has 0 radical (unpaired) electrons. The number of hydrogen-bond donors (Lipinski definition) is 0. The molecule has 6 heteroatoms. The molecule has 1 aromatic carbocycles. The van der Waals surface area contributed by atoms with Crippen LogP contribution in [-0.4, -0.2) is 18.7 Å². The number of benzene rings is 1. The molecule has 0 unspecified atom stereocenters. The zero-order valence-corrected chi connectivity index (χ0v) is 15.8. The fraction of sp³-hybridized carbons (Fsp3) is 0.714. The van der Waals surface area contributed by atoms with Crippen molar-refractivity contribution in [2.24, 2.45) is 5.92 Å². The van der Waals surface area contributed by atoms with Crippen LogP contribution in [0.15, 0.2) is 24.3 Å². The van der Waals surface area contributed by atoms with E-state index in [1.807, 2.05) is 0 Å². The third kappa shape index (κ3) is 6.65. The Balaban J connectivity index is 1.77. The van der Waals surface area contributed by atoms with Crippen molar-refractivity contribution in [2.75, 3.05) is 6.61 Å². The predicted molar refractivity (Wildman–Crippen MR) is 96.4 cm³/mol. The maximum atomic E-state index is 12.9. The van der Waals surface area contributed by atoms with Gasteiger partial charge in [0.1, 0.15) is 5.75 Å². The van der Waals surface area contributed by atoms with Crippen LogP contribution in [0.4, 0.5) is 22.0 Å². The van der Waals surface area contributed by atoms with Gasteiger partial charge in [0.2, 0.25) is 0 Å². The second-order valence-corrected chi connectivity index (χ2v) is 7.63. The van der Waals surface area contributed by atoms with Gasteiger partial charge in [0, 0.05) is 0 Å². The normalized spacial score (nSPS) is 21.3. The van der Waals surface area contributed by atoms with Crippen LogP contribution in [0.1, 0.15) is 76.2 Å². The van der Waals surface area contributed by atoms with Crippen molar-refractivity contribution in [1.82, 2.24) is 0 Å². The number of ether oxygens (including phenoxy) is 1. The van der Waals surface area contributed by atoms with Gasteiger partial charge in [-0.15, -0.1) is 0 Å². The van der Waals surface area contributed by atoms with E-state index in [1.54, 1.807) is 12.1 Å². The van der Waals surface area contributed by atoms with E-state index in [0.717, 1.165) is 24.3 Å². The summed E-state index contributed by atoms with van der Waals surface area (Å²) in [4.78, 5) is 0. The molecule has 154 valence electrons. The third-order valence-electron chi connectivity index (χ3n) is 5.50. The standard InChI is InChI=1S/C21H29F5O/c1-2-3-4-5-6-16-7-9-17(10-8-16)18-11-13-19(14-12-18)27-15-20(22,23)21(24,25)26/h11-14,16-17H,2-10,15H2,1H3.